The number of rotatable bonds is 4. The average molecular weight is 479 g/mol. The van der Waals surface area contributed by atoms with Crippen LogP contribution in [0, 0.1) is 0 Å². The van der Waals surface area contributed by atoms with E-state index in [0.717, 1.165) is 31.7 Å². The molecule has 0 saturated carbocycles. The predicted molar refractivity (Wildman–Crippen MR) is 108 cm³/mol. The summed E-state index contributed by atoms with van der Waals surface area (Å²) in [6.07, 6.45) is -1.70. The minimum absolute atomic E-state index is 0. The molecule has 1 aromatic heterocycles. The molecule has 1 atom stereocenters. The van der Waals surface area contributed by atoms with E-state index >= 15 is 0 Å². The highest BCUT2D eigenvalue weighted by atomic mass is 35.5. The van der Waals surface area contributed by atoms with Gasteiger partial charge in [-0.3, -0.25) is 9.88 Å². The number of hydrogen-bond donors (Lipinski definition) is 1. The van der Waals surface area contributed by atoms with Gasteiger partial charge in [0.1, 0.15) is 5.75 Å². The summed E-state index contributed by atoms with van der Waals surface area (Å²) in [7, 11) is 0. The van der Waals surface area contributed by atoms with Gasteiger partial charge < -0.3 is 10.1 Å². The lowest BCUT2D eigenvalue weighted by Gasteiger charge is -2.36. The van der Waals surface area contributed by atoms with Crippen LogP contribution in [0.5, 0.6) is 5.75 Å². The van der Waals surface area contributed by atoms with Gasteiger partial charge in [0.15, 0.2) is 0 Å². The van der Waals surface area contributed by atoms with E-state index < -0.39 is 6.36 Å². The van der Waals surface area contributed by atoms with Gasteiger partial charge in [0.2, 0.25) is 0 Å². The van der Waals surface area contributed by atoms with E-state index in [0.29, 0.717) is 15.6 Å². The number of benzene rings is 1. The highest BCUT2D eigenvalue weighted by molar-refractivity contribution is 6.35. The topological polar surface area (TPSA) is 37.4 Å². The van der Waals surface area contributed by atoms with Crippen LogP contribution in [-0.4, -0.2) is 42.4 Å². The first-order chi connectivity index (χ1) is 12.3. The van der Waals surface area contributed by atoms with Crippen molar-refractivity contribution in [2.75, 3.05) is 26.2 Å². The van der Waals surface area contributed by atoms with E-state index in [2.05, 4.69) is 19.9 Å². The summed E-state index contributed by atoms with van der Waals surface area (Å²) in [4.78, 5) is 6.16. The summed E-state index contributed by atoms with van der Waals surface area (Å²) < 4.78 is 41.1. The van der Waals surface area contributed by atoms with Crippen LogP contribution in [0.3, 0.4) is 0 Å². The fraction of sp³-hybridized carbons (Fsp3) is 0.353. The van der Waals surface area contributed by atoms with Gasteiger partial charge in [0, 0.05) is 44.1 Å². The van der Waals surface area contributed by atoms with Crippen molar-refractivity contribution < 1.29 is 17.9 Å². The molecule has 0 aliphatic carbocycles. The van der Waals surface area contributed by atoms with Gasteiger partial charge in [-0.2, -0.15) is 0 Å². The van der Waals surface area contributed by atoms with E-state index in [1.54, 1.807) is 12.1 Å². The summed E-state index contributed by atoms with van der Waals surface area (Å²) >= 11 is 12.7. The third kappa shape index (κ3) is 6.27. The quantitative estimate of drug-likeness (QED) is 0.661. The lowest BCUT2D eigenvalue weighted by molar-refractivity contribution is -0.274. The van der Waals surface area contributed by atoms with Crippen LogP contribution in [0.15, 0.2) is 36.7 Å². The third-order valence-corrected chi connectivity index (χ3v) is 4.71. The summed E-state index contributed by atoms with van der Waals surface area (Å²) in [6.45, 7) is 3.10. The van der Waals surface area contributed by atoms with E-state index in [9.17, 15) is 13.2 Å². The minimum Gasteiger partial charge on any atom is -0.406 e. The minimum atomic E-state index is -4.73. The second kappa shape index (κ2) is 10.7. The second-order valence-electron chi connectivity index (χ2n) is 5.82. The Morgan fingerprint density at radius 2 is 1.54 bits per heavy atom. The number of alkyl halides is 3. The molecule has 3 rings (SSSR count). The van der Waals surface area contributed by atoms with Gasteiger partial charge in [-0.25, -0.2) is 0 Å². The molecule has 2 heterocycles. The largest absolute Gasteiger partial charge is 0.573 e. The van der Waals surface area contributed by atoms with Gasteiger partial charge in [-0.1, -0.05) is 35.3 Å². The maximum absolute atomic E-state index is 12.4. The Morgan fingerprint density at radius 1 is 1.00 bits per heavy atom. The molecule has 0 amide bonds. The monoisotopic (exact) mass is 477 g/mol. The standard InChI is InChI=1S/C17H16Cl2F3N3O.2ClH/c18-13-9-24-10-14(19)15(13)16(25-7-5-23-6-8-25)11-1-3-12(4-2-11)26-17(20,21)22;;/h1-4,9-10,16,23H,5-8H2;2*1H/t16-;;/m0../s1. The molecule has 11 heteroatoms. The van der Waals surface area contributed by atoms with Crippen LogP contribution >= 0.6 is 48.0 Å². The molecule has 1 aliphatic heterocycles. The van der Waals surface area contributed by atoms with Crippen LogP contribution < -0.4 is 10.1 Å². The first-order valence-electron chi connectivity index (χ1n) is 7.94. The number of nitrogens with zero attached hydrogens (tertiary/aromatic N) is 2. The molecule has 28 heavy (non-hydrogen) atoms. The smallest absolute Gasteiger partial charge is 0.406 e. The zero-order valence-corrected chi connectivity index (χ0v) is 17.5. The molecule has 1 saturated heterocycles. The van der Waals surface area contributed by atoms with Crippen molar-refractivity contribution >= 4 is 48.0 Å². The van der Waals surface area contributed by atoms with Crippen molar-refractivity contribution in [2.45, 2.75) is 12.4 Å². The summed E-state index contributed by atoms with van der Waals surface area (Å²) in [6, 6.07) is 5.49. The van der Waals surface area contributed by atoms with Gasteiger partial charge >= 0.3 is 6.36 Å². The third-order valence-electron chi connectivity index (χ3n) is 4.11. The Balaban J connectivity index is 0.00000196. The average Bonchev–Trinajstić information content (AvgIpc) is 2.59. The Kier molecular flexibility index (Phi) is 9.59. The molecule has 1 N–H and O–H groups in total. The number of halogens is 7. The van der Waals surface area contributed by atoms with Crippen molar-refractivity contribution in [2.24, 2.45) is 0 Å². The molecule has 156 valence electrons. The highest BCUT2D eigenvalue weighted by Gasteiger charge is 2.32. The Hall–Kier alpha value is -0.960. The van der Waals surface area contributed by atoms with E-state index in [-0.39, 0.29) is 36.6 Å². The van der Waals surface area contributed by atoms with Crippen LogP contribution in [0.25, 0.3) is 0 Å². The van der Waals surface area contributed by atoms with Gasteiger partial charge in [-0.05, 0) is 17.7 Å². The number of piperazine rings is 1. The van der Waals surface area contributed by atoms with Gasteiger partial charge in [-0.15, -0.1) is 38.0 Å². The zero-order valence-electron chi connectivity index (χ0n) is 14.4. The molecule has 0 unspecified atom stereocenters. The van der Waals surface area contributed by atoms with E-state index in [1.165, 1.54) is 24.5 Å². The van der Waals surface area contributed by atoms with Crippen LogP contribution in [0.1, 0.15) is 17.2 Å². The Bertz CT molecular complexity index is 736. The van der Waals surface area contributed by atoms with E-state index in [4.69, 9.17) is 23.2 Å². The first-order valence-corrected chi connectivity index (χ1v) is 8.70. The molecular formula is C17H18Cl4F3N3O. The maximum atomic E-state index is 12.4. The van der Waals surface area contributed by atoms with E-state index in [1.807, 2.05) is 0 Å². The molecule has 0 radical (unpaired) electrons. The summed E-state index contributed by atoms with van der Waals surface area (Å²) in [5.41, 5.74) is 1.46. The Labute approximate surface area is 183 Å². The van der Waals surface area contributed by atoms with Crippen molar-refractivity contribution in [3.8, 4) is 5.75 Å². The molecular weight excluding hydrogens is 461 g/mol. The number of nitrogens with one attached hydrogen (secondary N) is 1. The predicted octanol–water partition coefficient (Wildman–Crippen LogP) is 5.13. The highest BCUT2D eigenvalue weighted by Crippen LogP contribution is 2.38. The SMILES string of the molecule is Cl.Cl.FC(F)(F)Oc1ccc([C@@H](c2c(Cl)cncc2Cl)N2CCNCC2)cc1. The fourth-order valence-corrected chi connectivity index (χ4v) is 3.61. The zero-order chi connectivity index (χ0) is 18.7. The maximum Gasteiger partial charge on any atom is 0.573 e. The van der Waals surface area contributed by atoms with Gasteiger partial charge in [0.25, 0.3) is 0 Å². The van der Waals surface area contributed by atoms with Gasteiger partial charge in [0.05, 0.1) is 16.1 Å². The van der Waals surface area contributed by atoms with Crippen molar-refractivity contribution in [1.29, 1.82) is 0 Å². The van der Waals surface area contributed by atoms with Crippen LogP contribution in [-0.2, 0) is 0 Å². The van der Waals surface area contributed by atoms with Crippen LogP contribution in [0.4, 0.5) is 13.2 Å². The molecule has 1 aliphatic rings. The second-order valence-corrected chi connectivity index (χ2v) is 6.64. The number of hydrogen-bond acceptors (Lipinski definition) is 4. The molecule has 2 aromatic rings. The Morgan fingerprint density at radius 3 is 2.04 bits per heavy atom. The molecule has 1 fully saturated rings. The number of aromatic nitrogens is 1. The lowest BCUT2D eigenvalue weighted by Crippen LogP contribution is -2.45. The summed E-state index contributed by atoms with van der Waals surface area (Å²) in [5, 5.41) is 4.10. The normalized spacial score (nSPS) is 15.9. The first kappa shape index (κ1) is 25.1. The van der Waals surface area contributed by atoms with Crippen molar-refractivity contribution in [3.05, 3.63) is 57.8 Å². The molecule has 1 aromatic carbocycles. The fourth-order valence-electron chi connectivity index (χ4n) is 3.03. The number of pyridine rings is 1. The van der Waals surface area contributed by atoms with Crippen LogP contribution in [0.2, 0.25) is 10.0 Å². The number of ether oxygens (including phenoxy) is 1. The van der Waals surface area contributed by atoms with Crippen molar-refractivity contribution in [1.82, 2.24) is 15.2 Å². The van der Waals surface area contributed by atoms with Crippen molar-refractivity contribution in [3.63, 3.8) is 0 Å². The molecule has 0 spiro atoms. The molecule has 4 nitrogen and oxygen atoms in total. The lowest BCUT2D eigenvalue weighted by atomic mass is 9.97. The molecule has 0 bridgehead atoms. The summed E-state index contributed by atoms with van der Waals surface area (Å²) in [5.74, 6) is -0.271.